The Morgan fingerprint density at radius 2 is 2.22 bits per heavy atom. The molecule has 5 nitrogen and oxygen atoms in total. The summed E-state index contributed by atoms with van der Waals surface area (Å²) < 4.78 is 9.74. The van der Waals surface area contributed by atoms with Crippen LogP contribution >= 0.6 is 38.5 Å². The van der Waals surface area contributed by atoms with Crippen LogP contribution in [0, 0.1) is 3.57 Å². The Kier molecular flexibility index (Phi) is 4.61. The zero-order valence-electron chi connectivity index (χ0n) is 13.3. The number of hydrogen-bond donors (Lipinski definition) is 0. The van der Waals surface area contributed by atoms with Gasteiger partial charge in [0.1, 0.15) is 10.2 Å². The lowest BCUT2D eigenvalue weighted by Gasteiger charge is -2.24. The number of fused-ring (bicyclic) bond motifs is 1. The van der Waals surface area contributed by atoms with Gasteiger partial charge < -0.3 is 14.2 Å². The number of aromatic nitrogens is 2. The zero-order chi connectivity index (χ0) is 16.8. The topological polar surface area (TPSA) is 47.4 Å². The van der Waals surface area contributed by atoms with Gasteiger partial charge in [0.25, 0.3) is 0 Å². The van der Waals surface area contributed by atoms with E-state index in [9.17, 15) is 4.79 Å². The third-order valence-electron chi connectivity index (χ3n) is 3.85. The molecule has 1 amide bonds. The van der Waals surface area contributed by atoms with Crippen molar-refractivity contribution in [1.82, 2.24) is 14.5 Å². The molecule has 0 aliphatic carbocycles. The van der Waals surface area contributed by atoms with Crippen LogP contribution < -0.4 is 0 Å². The lowest BCUT2D eigenvalue weighted by Crippen LogP contribution is -2.35. The molecule has 0 saturated carbocycles. The van der Waals surface area contributed by atoms with E-state index in [1.807, 2.05) is 33.0 Å². The van der Waals surface area contributed by atoms with E-state index in [2.05, 4.69) is 54.3 Å². The first-order chi connectivity index (χ1) is 10.7. The number of carbonyl (C=O) groups excluding carboxylic acids is 1. The van der Waals surface area contributed by atoms with E-state index in [0.29, 0.717) is 6.54 Å². The number of amides is 1. The molecule has 0 N–H and O–H groups in total. The fourth-order valence-electron chi connectivity index (χ4n) is 2.84. The van der Waals surface area contributed by atoms with E-state index in [1.165, 1.54) is 8.96 Å². The summed E-state index contributed by atoms with van der Waals surface area (Å²) in [7, 11) is 0. The Labute approximate surface area is 157 Å². The van der Waals surface area contributed by atoms with Crippen molar-refractivity contribution in [3.8, 4) is 0 Å². The maximum atomic E-state index is 12.2. The van der Waals surface area contributed by atoms with Gasteiger partial charge in [0.05, 0.1) is 17.8 Å². The van der Waals surface area contributed by atoms with Gasteiger partial charge in [-0.15, -0.1) is 0 Å². The van der Waals surface area contributed by atoms with E-state index in [-0.39, 0.29) is 12.1 Å². The minimum atomic E-state index is -0.457. The maximum absolute atomic E-state index is 12.2. The van der Waals surface area contributed by atoms with Crippen molar-refractivity contribution in [3.63, 3.8) is 0 Å². The Morgan fingerprint density at radius 1 is 1.48 bits per heavy atom. The first-order valence-electron chi connectivity index (χ1n) is 7.54. The van der Waals surface area contributed by atoms with Crippen LogP contribution in [0.2, 0.25) is 0 Å². The smallest absolute Gasteiger partial charge is 0.410 e. The molecule has 124 valence electrons. The number of halogens is 2. The van der Waals surface area contributed by atoms with Gasteiger partial charge in [-0.2, -0.15) is 0 Å². The third kappa shape index (κ3) is 3.65. The largest absolute Gasteiger partial charge is 0.444 e. The van der Waals surface area contributed by atoms with Crippen LogP contribution in [0.1, 0.15) is 33.2 Å². The predicted molar refractivity (Wildman–Crippen MR) is 102 cm³/mol. The number of rotatable bonds is 1. The molecule has 3 heterocycles. The summed E-state index contributed by atoms with van der Waals surface area (Å²) in [5.74, 6) is 0. The lowest BCUT2D eigenvalue weighted by molar-refractivity contribution is 0.0289. The Balaban J connectivity index is 1.81. The molecule has 1 fully saturated rings. The van der Waals surface area contributed by atoms with E-state index in [4.69, 9.17) is 4.74 Å². The third-order valence-corrected chi connectivity index (χ3v) is 5.14. The zero-order valence-corrected chi connectivity index (χ0v) is 17.1. The van der Waals surface area contributed by atoms with Gasteiger partial charge in [0.2, 0.25) is 0 Å². The minimum Gasteiger partial charge on any atom is -0.444 e. The van der Waals surface area contributed by atoms with Gasteiger partial charge in [-0.05, 0) is 71.8 Å². The number of hydrogen-bond acceptors (Lipinski definition) is 3. The molecule has 1 aliphatic rings. The molecule has 0 aromatic carbocycles. The first kappa shape index (κ1) is 17.0. The molecule has 2 aromatic heterocycles. The molecule has 0 unspecified atom stereocenters. The summed E-state index contributed by atoms with van der Waals surface area (Å²) in [5.41, 5.74) is 0.648. The summed E-state index contributed by atoms with van der Waals surface area (Å²) in [4.78, 5) is 18.4. The number of nitrogens with zero attached hydrogens (tertiary/aromatic N) is 3. The summed E-state index contributed by atoms with van der Waals surface area (Å²) in [6.07, 6.45) is 4.72. The van der Waals surface area contributed by atoms with Crippen LogP contribution in [0.15, 0.2) is 23.1 Å². The van der Waals surface area contributed by atoms with Crippen molar-refractivity contribution in [1.29, 1.82) is 0 Å². The Morgan fingerprint density at radius 3 is 2.91 bits per heavy atom. The van der Waals surface area contributed by atoms with E-state index >= 15 is 0 Å². The lowest BCUT2D eigenvalue weighted by atomic mass is 10.2. The standard InChI is InChI=1S/C16H19BrIN3O2/c1-16(2,3)23-15(22)20-5-4-10(8-20)21-9-12(18)11-6-14(17)19-7-13(11)21/h6-7,9-10H,4-5,8H2,1-3H3/t10-/m0/s1. The monoisotopic (exact) mass is 491 g/mol. The van der Waals surface area contributed by atoms with Crippen LogP contribution in [0.3, 0.4) is 0 Å². The molecule has 2 aromatic rings. The highest BCUT2D eigenvalue weighted by Gasteiger charge is 2.31. The summed E-state index contributed by atoms with van der Waals surface area (Å²) >= 11 is 5.77. The molecular formula is C16H19BrIN3O2. The van der Waals surface area contributed by atoms with Gasteiger partial charge in [-0.25, -0.2) is 9.78 Å². The second kappa shape index (κ2) is 6.23. The van der Waals surface area contributed by atoms with Crippen molar-refractivity contribution in [2.24, 2.45) is 0 Å². The van der Waals surface area contributed by atoms with Crippen molar-refractivity contribution < 1.29 is 9.53 Å². The predicted octanol–water partition coefficient (Wildman–Crippen LogP) is 4.59. The van der Waals surface area contributed by atoms with E-state index in [0.717, 1.165) is 23.1 Å². The second-order valence-electron chi connectivity index (χ2n) is 6.78. The summed E-state index contributed by atoms with van der Waals surface area (Å²) in [6.45, 7) is 7.07. The molecule has 0 radical (unpaired) electrons. The van der Waals surface area contributed by atoms with Crippen molar-refractivity contribution >= 4 is 55.5 Å². The van der Waals surface area contributed by atoms with Crippen LogP contribution in [0.5, 0.6) is 0 Å². The van der Waals surface area contributed by atoms with Crippen LogP contribution in [-0.4, -0.2) is 39.2 Å². The average molecular weight is 492 g/mol. The average Bonchev–Trinajstić information content (AvgIpc) is 3.02. The van der Waals surface area contributed by atoms with Gasteiger partial charge in [0.15, 0.2) is 0 Å². The highest BCUT2D eigenvalue weighted by molar-refractivity contribution is 14.1. The van der Waals surface area contributed by atoms with E-state index < -0.39 is 5.60 Å². The molecule has 23 heavy (non-hydrogen) atoms. The summed E-state index contributed by atoms with van der Waals surface area (Å²) in [6, 6.07) is 2.30. The fourth-order valence-corrected chi connectivity index (χ4v) is 3.91. The number of likely N-dealkylation sites (tertiary alicyclic amines) is 1. The normalized spacial score (nSPS) is 18.7. The minimum absolute atomic E-state index is 0.230. The molecular weight excluding hydrogens is 473 g/mol. The highest BCUT2D eigenvalue weighted by atomic mass is 127. The molecule has 0 bridgehead atoms. The van der Waals surface area contributed by atoms with E-state index in [1.54, 1.807) is 4.90 Å². The quantitative estimate of drug-likeness (QED) is 0.433. The Bertz CT molecular complexity index is 754. The molecule has 7 heteroatoms. The molecule has 1 aliphatic heterocycles. The van der Waals surface area contributed by atoms with Gasteiger partial charge >= 0.3 is 6.09 Å². The molecule has 1 atom stereocenters. The maximum Gasteiger partial charge on any atom is 0.410 e. The summed E-state index contributed by atoms with van der Waals surface area (Å²) in [5, 5.41) is 1.18. The number of carbonyl (C=O) groups is 1. The van der Waals surface area contributed by atoms with Crippen LogP contribution in [0.4, 0.5) is 4.79 Å². The number of ether oxygens (including phenoxy) is 1. The number of pyridine rings is 1. The highest BCUT2D eigenvalue weighted by Crippen LogP contribution is 2.31. The van der Waals surface area contributed by atoms with Gasteiger partial charge in [-0.3, -0.25) is 0 Å². The Hall–Kier alpha value is -0.830. The fraction of sp³-hybridized carbons (Fsp3) is 0.500. The molecule has 1 saturated heterocycles. The first-order valence-corrected chi connectivity index (χ1v) is 9.41. The van der Waals surface area contributed by atoms with Crippen molar-refractivity contribution in [2.75, 3.05) is 13.1 Å². The van der Waals surface area contributed by atoms with Crippen LogP contribution in [-0.2, 0) is 4.74 Å². The SMILES string of the molecule is CC(C)(C)OC(=O)N1CC[C@H](n2cc(I)c3cc(Br)ncc32)C1. The van der Waals surface area contributed by atoms with Crippen LogP contribution in [0.25, 0.3) is 10.9 Å². The molecule has 0 spiro atoms. The van der Waals surface area contributed by atoms with Crippen molar-refractivity contribution in [3.05, 3.63) is 26.6 Å². The van der Waals surface area contributed by atoms with Gasteiger partial charge in [-0.1, -0.05) is 0 Å². The second-order valence-corrected chi connectivity index (χ2v) is 8.75. The van der Waals surface area contributed by atoms with Gasteiger partial charge in [0, 0.05) is 28.2 Å². The van der Waals surface area contributed by atoms with Crippen molar-refractivity contribution in [2.45, 2.75) is 38.8 Å². The molecule has 3 rings (SSSR count).